The fraction of sp³-hybridized carbons (Fsp3) is 0.286. The van der Waals surface area contributed by atoms with Crippen molar-refractivity contribution in [2.75, 3.05) is 0 Å². The molecule has 0 saturated carbocycles. The molecular weight excluding hydrogens is 278 g/mol. The molecule has 0 aliphatic heterocycles. The number of rotatable bonds is 5. The van der Waals surface area contributed by atoms with E-state index in [0.29, 0.717) is 0 Å². The summed E-state index contributed by atoms with van der Waals surface area (Å²) < 4.78 is 0. The number of halogens is 1. The van der Waals surface area contributed by atoms with Gasteiger partial charge < -0.3 is 5.73 Å². The number of nitrogens with zero attached hydrogens (tertiary/aromatic N) is 2. The molecule has 19 heavy (non-hydrogen) atoms. The van der Waals surface area contributed by atoms with Gasteiger partial charge in [0.05, 0.1) is 0 Å². The van der Waals surface area contributed by atoms with Crippen molar-refractivity contribution in [2.45, 2.75) is 35.9 Å². The minimum absolute atomic E-state index is 0.176. The van der Waals surface area contributed by atoms with Crippen molar-refractivity contribution >= 4 is 23.4 Å². The lowest BCUT2D eigenvalue weighted by atomic mass is 10.1. The van der Waals surface area contributed by atoms with Crippen molar-refractivity contribution in [3.63, 3.8) is 0 Å². The van der Waals surface area contributed by atoms with E-state index < -0.39 is 0 Å². The Labute approximate surface area is 122 Å². The minimum Gasteiger partial charge on any atom is -0.327 e. The van der Waals surface area contributed by atoms with Crippen molar-refractivity contribution in [2.24, 2.45) is 5.73 Å². The topological polar surface area (TPSA) is 51.8 Å². The fourth-order valence-corrected chi connectivity index (χ4v) is 2.59. The molecule has 1 unspecified atom stereocenters. The summed E-state index contributed by atoms with van der Waals surface area (Å²) in [6.45, 7) is 2.08. The number of hydrogen-bond acceptors (Lipinski definition) is 4. The molecule has 0 fully saturated rings. The van der Waals surface area contributed by atoms with Gasteiger partial charge in [-0.25, -0.2) is 9.97 Å². The predicted octanol–water partition coefficient (Wildman–Crippen LogP) is 3.56. The van der Waals surface area contributed by atoms with Gasteiger partial charge in [-0.15, -0.1) is 0 Å². The first-order valence-corrected chi connectivity index (χ1v) is 7.36. The van der Waals surface area contributed by atoms with Gasteiger partial charge in [0.1, 0.15) is 0 Å². The molecule has 0 aliphatic carbocycles. The maximum absolute atomic E-state index is 5.94. The zero-order valence-corrected chi connectivity index (χ0v) is 12.3. The molecule has 1 heterocycles. The number of hydrogen-bond donors (Lipinski definition) is 1. The van der Waals surface area contributed by atoms with E-state index in [1.807, 2.05) is 36.7 Å². The van der Waals surface area contributed by atoms with Crippen LogP contribution >= 0.6 is 23.4 Å². The van der Waals surface area contributed by atoms with Gasteiger partial charge in [-0.3, -0.25) is 0 Å². The van der Waals surface area contributed by atoms with Crippen LogP contribution in [-0.4, -0.2) is 16.0 Å². The molecule has 1 aromatic heterocycles. The highest BCUT2D eigenvalue weighted by Crippen LogP contribution is 2.26. The molecule has 2 aromatic rings. The molecule has 0 radical (unpaired) electrons. The highest BCUT2D eigenvalue weighted by atomic mass is 35.5. The Hall–Kier alpha value is -1.10. The lowest BCUT2D eigenvalue weighted by molar-refractivity contribution is 0.641. The largest absolute Gasteiger partial charge is 0.327 e. The maximum atomic E-state index is 5.94. The average molecular weight is 294 g/mol. The van der Waals surface area contributed by atoms with Crippen molar-refractivity contribution in [3.8, 4) is 0 Å². The van der Waals surface area contributed by atoms with Crippen LogP contribution in [0.4, 0.5) is 0 Å². The average Bonchev–Trinajstić information content (AvgIpc) is 2.41. The zero-order valence-electron chi connectivity index (χ0n) is 10.7. The van der Waals surface area contributed by atoms with E-state index in [1.54, 1.807) is 0 Å². The third kappa shape index (κ3) is 4.49. The summed E-state index contributed by atoms with van der Waals surface area (Å²) in [6.07, 6.45) is 5.46. The molecule has 0 amide bonds. The van der Waals surface area contributed by atoms with Crippen LogP contribution in [0.3, 0.4) is 0 Å². The van der Waals surface area contributed by atoms with Gasteiger partial charge in [-0.1, -0.05) is 24.6 Å². The monoisotopic (exact) mass is 293 g/mol. The van der Waals surface area contributed by atoms with E-state index in [-0.39, 0.29) is 6.04 Å². The molecule has 1 aromatic carbocycles. The molecule has 0 saturated heterocycles. The summed E-state index contributed by atoms with van der Waals surface area (Å²) in [4.78, 5) is 9.72. The second-order valence-electron chi connectivity index (χ2n) is 4.31. The lowest BCUT2D eigenvalue weighted by Gasteiger charge is -2.08. The highest BCUT2D eigenvalue weighted by Gasteiger charge is 2.04. The molecule has 2 rings (SSSR count). The zero-order chi connectivity index (χ0) is 13.7. The summed E-state index contributed by atoms with van der Waals surface area (Å²) in [5, 5.41) is 1.44. The van der Waals surface area contributed by atoms with Crippen molar-refractivity contribution in [3.05, 3.63) is 47.2 Å². The maximum Gasteiger partial charge on any atom is 0.192 e. The summed E-state index contributed by atoms with van der Waals surface area (Å²) in [6, 6.07) is 7.83. The summed E-state index contributed by atoms with van der Waals surface area (Å²) in [7, 11) is 0. The van der Waals surface area contributed by atoms with Crippen LogP contribution in [0.25, 0.3) is 0 Å². The van der Waals surface area contributed by atoms with Crippen LogP contribution in [0.2, 0.25) is 5.02 Å². The normalized spacial score (nSPS) is 12.4. The SMILES string of the molecule is CCC(N)Cc1cnc(Sc2cccc(Cl)c2)nc1. The van der Waals surface area contributed by atoms with Gasteiger partial charge in [0.15, 0.2) is 5.16 Å². The second-order valence-corrected chi connectivity index (χ2v) is 5.78. The Bertz CT molecular complexity index is 530. The molecule has 5 heteroatoms. The Balaban J connectivity index is 2.02. The Kier molecular flexibility index (Phi) is 5.19. The number of nitrogens with two attached hydrogens (primary N) is 1. The van der Waals surface area contributed by atoms with Gasteiger partial charge in [0.25, 0.3) is 0 Å². The molecule has 0 spiro atoms. The van der Waals surface area contributed by atoms with Gasteiger partial charge >= 0.3 is 0 Å². The quantitative estimate of drug-likeness (QED) is 0.857. The minimum atomic E-state index is 0.176. The number of aromatic nitrogens is 2. The summed E-state index contributed by atoms with van der Waals surface area (Å²) in [5.74, 6) is 0. The molecule has 100 valence electrons. The van der Waals surface area contributed by atoms with Crippen molar-refractivity contribution in [1.29, 1.82) is 0 Å². The predicted molar refractivity (Wildman–Crippen MR) is 79.6 cm³/mol. The Morgan fingerprint density at radius 1 is 1.32 bits per heavy atom. The van der Waals surface area contributed by atoms with E-state index in [4.69, 9.17) is 17.3 Å². The smallest absolute Gasteiger partial charge is 0.192 e. The molecule has 2 N–H and O–H groups in total. The van der Waals surface area contributed by atoms with Crippen LogP contribution in [0.15, 0.2) is 46.7 Å². The van der Waals surface area contributed by atoms with Gasteiger partial charge in [-0.05, 0) is 48.4 Å². The fourth-order valence-electron chi connectivity index (χ4n) is 1.58. The van der Waals surface area contributed by atoms with E-state index in [0.717, 1.165) is 33.5 Å². The van der Waals surface area contributed by atoms with Crippen LogP contribution < -0.4 is 5.73 Å². The van der Waals surface area contributed by atoms with E-state index >= 15 is 0 Å². The lowest BCUT2D eigenvalue weighted by Crippen LogP contribution is -2.21. The van der Waals surface area contributed by atoms with Gasteiger partial charge in [0, 0.05) is 28.4 Å². The van der Waals surface area contributed by atoms with Crippen LogP contribution in [0.1, 0.15) is 18.9 Å². The molecular formula is C14H16ClN3S. The molecule has 0 bridgehead atoms. The molecule has 0 aliphatic rings. The summed E-state index contributed by atoms with van der Waals surface area (Å²) in [5.41, 5.74) is 6.98. The molecule has 1 atom stereocenters. The van der Waals surface area contributed by atoms with Gasteiger partial charge in [0.2, 0.25) is 0 Å². The van der Waals surface area contributed by atoms with Crippen LogP contribution in [-0.2, 0) is 6.42 Å². The Morgan fingerprint density at radius 2 is 2.05 bits per heavy atom. The van der Waals surface area contributed by atoms with Crippen LogP contribution in [0, 0.1) is 0 Å². The second kappa shape index (κ2) is 6.89. The van der Waals surface area contributed by atoms with Crippen LogP contribution in [0.5, 0.6) is 0 Å². The highest BCUT2D eigenvalue weighted by molar-refractivity contribution is 7.99. The van der Waals surface area contributed by atoms with E-state index in [1.165, 1.54) is 11.8 Å². The number of benzene rings is 1. The standard InChI is InChI=1S/C14H16ClN3S/c1-2-12(16)6-10-8-17-14(18-9-10)19-13-5-3-4-11(15)7-13/h3-5,7-9,12H,2,6,16H2,1H3. The van der Waals surface area contributed by atoms with E-state index in [2.05, 4.69) is 16.9 Å². The summed E-state index contributed by atoms with van der Waals surface area (Å²) >= 11 is 7.44. The first-order chi connectivity index (χ1) is 9.17. The molecule has 3 nitrogen and oxygen atoms in total. The van der Waals surface area contributed by atoms with E-state index in [9.17, 15) is 0 Å². The van der Waals surface area contributed by atoms with Gasteiger partial charge in [-0.2, -0.15) is 0 Å². The third-order valence-corrected chi connectivity index (χ3v) is 3.83. The first-order valence-electron chi connectivity index (χ1n) is 6.17. The first kappa shape index (κ1) is 14.3. The third-order valence-electron chi connectivity index (χ3n) is 2.71. The van der Waals surface area contributed by atoms with Crippen molar-refractivity contribution in [1.82, 2.24) is 9.97 Å². The Morgan fingerprint density at radius 3 is 2.68 bits per heavy atom. The van der Waals surface area contributed by atoms with Crippen molar-refractivity contribution < 1.29 is 0 Å².